The van der Waals surface area contributed by atoms with E-state index >= 15 is 0 Å². The molecule has 0 saturated carbocycles. The maximum absolute atomic E-state index is 13.2. The third-order valence-electron chi connectivity index (χ3n) is 4.40. The maximum Gasteiger partial charge on any atom is 0.289 e. The fraction of sp³-hybridized carbons (Fsp3) is 0.0455. The Bertz CT molecular complexity index is 1270. The Kier molecular flexibility index (Phi) is 7.18. The van der Waals surface area contributed by atoms with Gasteiger partial charge in [-0.05, 0) is 29.8 Å². The first-order chi connectivity index (χ1) is 16.0. The highest BCUT2D eigenvalue weighted by Crippen LogP contribution is 2.39. The van der Waals surface area contributed by atoms with Crippen LogP contribution in [0.3, 0.4) is 0 Å². The summed E-state index contributed by atoms with van der Waals surface area (Å²) in [5.74, 6) is -0.351. The predicted molar refractivity (Wildman–Crippen MR) is 131 cm³/mol. The highest BCUT2D eigenvalue weighted by Gasteiger charge is 2.25. The van der Waals surface area contributed by atoms with E-state index in [2.05, 4.69) is 20.8 Å². The molecule has 2 N–H and O–H groups in total. The largest absolute Gasteiger partial charge is 0.330 e. The van der Waals surface area contributed by atoms with Gasteiger partial charge in [0.15, 0.2) is 4.34 Å². The third kappa shape index (κ3) is 5.86. The van der Waals surface area contributed by atoms with Crippen LogP contribution in [0, 0.1) is 10.1 Å². The number of aromatic nitrogens is 2. The van der Waals surface area contributed by atoms with Crippen molar-refractivity contribution in [1.29, 1.82) is 0 Å². The van der Waals surface area contributed by atoms with Gasteiger partial charge < -0.3 is 10.6 Å². The number of nitro benzene ring substituents is 1. The van der Waals surface area contributed by atoms with Crippen LogP contribution in [0.1, 0.15) is 10.8 Å². The lowest BCUT2D eigenvalue weighted by molar-refractivity contribution is -0.384. The van der Waals surface area contributed by atoms with Crippen molar-refractivity contribution in [2.24, 2.45) is 0 Å². The quantitative estimate of drug-likeness (QED) is 0.166. The van der Waals surface area contributed by atoms with Crippen molar-refractivity contribution in [2.75, 3.05) is 10.6 Å². The Balaban J connectivity index is 1.54. The molecule has 0 saturated heterocycles. The number of thioether (sulfide) groups is 1. The first-order valence-corrected chi connectivity index (χ1v) is 11.7. The minimum atomic E-state index is -0.654. The van der Waals surface area contributed by atoms with Crippen LogP contribution in [0.25, 0.3) is 0 Å². The molecule has 3 aromatic carbocycles. The summed E-state index contributed by atoms with van der Waals surface area (Å²) in [5.41, 5.74) is 1.64. The van der Waals surface area contributed by atoms with Crippen molar-refractivity contribution >= 4 is 62.8 Å². The fourth-order valence-corrected chi connectivity index (χ4v) is 5.04. The van der Waals surface area contributed by atoms with Gasteiger partial charge >= 0.3 is 0 Å². The van der Waals surface area contributed by atoms with Crippen LogP contribution in [-0.4, -0.2) is 21.0 Å². The van der Waals surface area contributed by atoms with Crippen molar-refractivity contribution in [2.45, 2.75) is 9.59 Å². The molecule has 0 aliphatic carbocycles. The second kappa shape index (κ2) is 10.4. The van der Waals surface area contributed by atoms with E-state index in [1.807, 2.05) is 60.7 Å². The van der Waals surface area contributed by atoms with Crippen molar-refractivity contribution in [3.8, 4) is 0 Å². The monoisotopic (exact) mass is 497 g/mol. The standard InChI is InChI=1S/C22H16ClN5O3S2/c23-17-12-11-16(13-18(17)28(30)31)24-20(29)19(14-7-3-1-4-8-14)32-22-27-26-21(33-22)25-15-9-5-2-6-10-15/h1-13,19H,(H,24,29)(H,25,26). The topological polar surface area (TPSA) is 110 Å². The van der Waals surface area contributed by atoms with Gasteiger partial charge in [-0.1, -0.05) is 83.2 Å². The first kappa shape index (κ1) is 22.7. The minimum Gasteiger partial charge on any atom is -0.330 e. The van der Waals surface area contributed by atoms with E-state index in [1.165, 1.54) is 41.3 Å². The lowest BCUT2D eigenvalue weighted by Crippen LogP contribution is -2.19. The molecule has 1 aromatic heterocycles. The molecule has 166 valence electrons. The number of benzene rings is 3. The van der Waals surface area contributed by atoms with Crippen LogP contribution in [-0.2, 0) is 4.79 Å². The highest BCUT2D eigenvalue weighted by molar-refractivity contribution is 8.02. The molecule has 8 nitrogen and oxygen atoms in total. The fourth-order valence-electron chi connectivity index (χ4n) is 2.89. The smallest absolute Gasteiger partial charge is 0.289 e. The summed E-state index contributed by atoms with van der Waals surface area (Å²) in [4.78, 5) is 23.8. The number of hydrogen-bond acceptors (Lipinski definition) is 8. The van der Waals surface area contributed by atoms with Gasteiger partial charge in [0.1, 0.15) is 10.3 Å². The maximum atomic E-state index is 13.2. The summed E-state index contributed by atoms with van der Waals surface area (Å²) in [6.07, 6.45) is 0. The number of halogens is 1. The van der Waals surface area contributed by atoms with Crippen molar-refractivity contribution in [3.05, 3.63) is 99.6 Å². The summed E-state index contributed by atoms with van der Waals surface area (Å²) in [7, 11) is 0. The Hall–Kier alpha value is -3.47. The second-order valence-corrected chi connectivity index (χ2v) is 9.42. The van der Waals surface area contributed by atoms with Crippen molar-refractivity contribution in [3.63, 3.8) is 0 Å². The van der Waals surface area contributed by atoms with Gasteiger partial charge in [-0.2, -0.15) is 0 Å². The molecule has 1 heterocycles. The summed E-state index contributed by atoms with van der Waals surface area (Å²) >= 11 is 8.45. The zero-order chi connectivity index (χ0) is 23.2. The second-order valence-electron chi connectivity index (χ2n) is 6.69. The Labute approximate surface area is 202 Å². The van der Waals surface area contributed by atoms with Gasteiger partial charge in [0, 0.05) is 17.4 Å². The summed E-state index contributed by atoms with van der Waals surface area (Å²) in [5, 5.41) is 25.4. The van der Waals surface area contributed by atoms with Gasteiger partial charge in [-0.25, -0.2) is 0 Å². The average Bonchev–Trinajstić information content (AvgIpc) is 3.26. The van der Waals surface area contributed by atoms with E-state index < -0.39 is 10.2 Å². The molecule has 1 unspecified atom stereocenters. The first-order valence-electron chi connectivity index (χ1n) is 9.61. The molecule has 11 heteroatoms. The van der Waals surface area contributed by atoms with Crippen molar-refractivity contribution in [1.82, 2.24) is 10.2 Å². The number of nitro groups is 1. The lowest BCUT2D eigenvalue weighted by atomic mass is 10.1. The van der Waals surface area contributed by atoms with E-state index in [4.69, 9.17) is 11.6 Å². The van der Waals surface area contributed by atoms with E-state index in [-0.39, 0.29) is 22.3 Å². The molecule has 0 spiro atoms. The van der Waals surface area contributed by atoms with E-state index in [0.717, 1.165) is 11.3 Å². The van der Waals surface area contributed by atoms with Gasteiger partial charge in [0.05, 0.1) is 4.92 Å². The molecular weight excluding hydrogens is 482 g/mol. The van der Waals surface area contributed by atoms with Crippen LogP contribution in [0.5, 0.6) is 0 Å². The Morgan fingerprint density at radius 3 is 2.39 bits per heavy atom. The number of anilines is 3. The predicted octanol–water partition coefficient (Wildman–Crippen LogP) is 6.32. The summed E-state index contributed by atoms with van der Waals surface area (Å²) < 4.78 is 0.597. The molecular formula is C22H16ClN5O3S2. The zero-order valence-corrected chi connectivity index (χ0v) is 19.2. The van der Waals surface area contributed by atoms with Gasteiger partial charge in [-0.15, -0.1) is 10.2 Å². The van der Waals surface area contributed by atoms with Crippen LogP contribution >= 0.6 is 34.7 Å². The highest BCUT2D eigenvalue weighted by atomic mass is 35.5. The van der Waals surface area contributed by atoms with Crippen LogP contribution < -0.4 is 10.6 Å². The number of carbonyl (C=O) groups is 1. The van der Waals surface area contributed by atoms with E-state index in [1.54, 1.807) is 0 Å². The van der Waals surface area contributed by atoms with Crippen molar-refractivity contribution < 1.29 is 9.72 Å². The normalized spacial score (nSPS) is 11.5. The molecule has 33 heavy (non-hydrogen) atoms. The molecule has 0 aliphatic heterocycles. The number of para-hydroxylation sites is 1. The number of amides is 1. The van der Waals surface area contributed by atoms with Crippen LogP contribution in [0.2, 0.25) is 5.02 Å². The van der Waals surface area contributed by atoms with Gasteiger partial charge in [0.25, 0.3) is 5.69 Å². The molecule has 0 bridgehead atoms. The molecule has 4 rings (SSSR count). The number of hydrogen-bond donors (Lipinski definition) is 2. The number of rotatable bonds is 8. The SMILES string of the molecule is O=C(Nc1ccc(Cl)c([N+](=O)[O-])c1)C(Sc1nnc(Nc2ccccc2)s1)c1ccccc1. The van der Waals surface area contributed by atoms with Crippen LogP contribution in [0.4, 0.5) is 22.2 Å². The number of carbonyl (C=O) groups excluding carboxylic acids is 1. The molecule has 0 radical (unpaired) electrons. The number of nitrogens with one attached hydrogen (secondary N) is 2. The average molecular weight is 498 g/mol. The molecule has 1 amide bonds. The van der Waals surface area contributed by atoms with Gasteiger partial charge in [0.2, 0.25) is 11.0 Å². The summed E-state index contributed by atoms with van der Waals surface area (Å²) in [6.45, 7) is 0. The van der Waals surface area contributed by atoms with E-state index in [9.17, 15) is 14.9 Å². The van der Waals surface area contributed by atoms with Gasteiger partial charge in [-0.3, -0.25) is 14.9 Å². The molecule has 0 fully saturated rings. The lowest BCUT2D eigenvalue weighted by Gasteiger charge is -2.15. The minimum absolute atomic E-state index is 0.000659. The van der Waals surface area contributed by atoms with Crippen LogP contribution in [0.15, 0.2) is 83.2 Å². The summed E-state index contributed by atoms with van der Waals surface area (Å²) in [6, 6.07) is 22.9. The van der Waals surface area contributed by atoms with E-state index in [0.29, 0.717) is 9.47 Å². The number of nitrogens with zero attached hydrogens (tertiary/aromatic N) is 3. The Morgan fingerprint density at radius 1 is 1.00 bits per heavy atom. The molecule has 4 aromatic rings. The molecule has 1 atom stereocenters. The third-order valence-corrected chi connectivity index (χ3v) is 6.90. The Morgan fingerprint density at radius 2 is 1.70 bits per heavy atom. The molecule has 0 aliphatic rings. The zero-order valence-electron chi connectivity index (χ0n) is 16.8.